The summed E-state index contributed by atoms with van der Waals surface area (Å²) in [6, 6.07) is 14.1. The van der Waals surface area contributed by atoms with Gasteiger partial charge in [-0.3, -0.25) is 4.98 Å². The zero-order valence-corrected chi connectivity index (χ0v) is 14.3. The Morgan fingerprint density at radius 1 is 1.12 bits per heavy atom. The first-order chi connectivity index (χ1) is 12.8. The zero-order valence-electron chi connectivity index (χ0n) is 14.3. The van der Waals surface area contributed by atoms with E-state index in [0.717, 1.165) is 11.3 Å². The van der Waals surface area contributed by atoms with Crippen LogP contribution in [0.4, 0.5) is 0 Å². The fraction of sp³-hybridized carbons (Fsp3) is 0.158. The molecule has 7 heteroatoms. The van der Waals surface area contributed by atoms with Crippen LogP contribution in [0.25, 0.3) is 17.1 Å². The number of hydrogen-bond acceptors (Lipinski definition) is 6. The fourth-order valence-electron chi connectivity index (χ4n) is 2.63. The molecule has 0 unspecified atom stereocenters. The molecule has 1 atom stereocenters. The summed E-state index contributed by atoms with van der Waals surface area (Å²) in [5.74, 6) is 1.09. The van der Waals surface area contributed by atoms with E-state index in [1.807, 2.05) is 41.2 Å². The van der Waals surface area contributed by atoms with Crippen LogP contribution in [0.2, 0.25) is 0 Å². The summed E-state index contributed by atoms with van der Waals surface area (Å²) in [7, 11) is 0. The number of pyridine rings is 1. The smallest absolute Gasteiger partial charge is 0.240 e. The van der Waals surface area contributed by atoms with E-state index < -0.39 is 0 Å². The summed E-state index contributed by atoms with van der Waals surface area (Å²) >= 11 is 0. The molecule has 0 spiro atoms. The van der Waals surface area contributed by atoms with Gasteiger partial charge in [-0.15, -0.1) is 0 Å². The average Bonchev–Trinajstić information content (AvgIpc) is 3.39. The van der Waals surface area contributed by atoms with Crippen molar-refractivity contribution in [3.05, 3.63) is 78.7 Å². The van der Waals surface area contributed by atoms with E-state index in [2.05, 4.69) is 44.6 Å². The van der Waals surface area contributed by atoms with Crippen LogP contribution in [-0.2, 0) is 6.54 Å². The molecule has 0 aliphatic carbocycles. The third-order valence-corrected chi connectivity index (χ3v) is 4.11. The number of nitrogens with one attached hydrogen (secondary N) is 1. The second-order valence-electron chi connectivity index (χ2n) is 5.90. The Bertz CT molecular complexity index is 947. The summed E-state index contributed by atoms with van der Waals surface area (Å²) in [5, 5.41) is 11.6. The van der Waals surface area contributed by atoms with Crippen molar-refractivity contribution in [3.63, 3.8) is 0 Å². The number of hydrogen-bond donors (Lipinski definition) is 1. The molecule has 0 fully saturated rings. The first-order valence-electron chi connectivity index (χ1n) is 8.36. The van der Waals surface area contributed by atoms with Gasteiger partial charge in [0.15, 0.2) is 0 Å². The first kappa shape index (κ1) is 16.2. The molecule has 3 aromatic heterocycles. The van der Waals surface area contributed by atoms with Gasteiger partial charge in [-0.05, 0) is 42.8 Å². The van der Waals surface area contributed by atoms with Crippen molar-refractivity contribution in [2.24, 2.45) is 0 Å². The molecule has 130 valence electrons. The second kappa shape index (κ2) is 7.28. The molecule has 1 aromatic carbocycles. The van der Waals surface area contributed by atoms with E-state index in [-0.39, 0.29) is 6.04 Å². The first-order valence-corrected chi connectivity index (χ1v) is 8.36. The maximum Gasteiger partial charge on any atom is 0.240 e. The highest BCUT2D eigenvalue weighted by atomic mass is 16.5. The SMILES string of the molecule is C[C@H](NCc1nc(-c2cccnc2)no1)c1ccc(-n2cccn2)cc1. The Morgan fingerprint density at radius 2 is 2.00 bits per heavy atom. The average molecular weight is 346 g/mol. The molecule has 7 nitrogen and oxygen atoms in total. The fourth-order valence-corrected chi connectivity index (χ4v) is 2.63. The van der Waals surface area contributed by atoms with Crippen LogP contribution in [0.3, 0.4) is 0 Å². The summed E-state index contributed by atoms with van der Waals surface area (Å²) in [4.78, 5) is 8.47. The van der Waals surface area contributed by atoms with E-state index in [9.17, 15) is 0 Å². The largest absolute Gasteiger partial charge is 0.338 e. The summed E-state index contributed by atoms with van der Waals surface area (Å²) in [6.07, 6.45) is 7.12. The van der Waals surface area contributed by atoms with Crippen LogP contribution in [0.1, 0.15) is 24.4 Å². The number of nitrogens with zero attached hydrogens (tertiary/aromatic N) is 5. The number of aromatic nitrogens is 5. The Hall–Kier alpha value is -3.32. The molecule has 3 heterocycles. The second-order valence-corrected chi connectivity index (χ2v) is 5.90. The van der Waals surface area contributed by atoms with Crippen molar-refractivity contribution in [1.82, 2.24) is 30.2 Å². The maximum absolute atomic E-state index is 5.31. The maximum atomic E-state index is 5.31. The summed E-state index contributed by atoms with van der Waals surface area (Å²) in [5.41, 5.74) is 3.04. The van der Waals surface area contributed by atoms with Crippen molar-refractivity contribution < 1.29 is 4.52 Å². The standard InChI is InChI=1S/C19H18N6O/c1-14(15-5-7-17(8-6-15)25-11-3-10-22-25)21-13-18-23-19(24-26-18)16-4-2-9-20-12-16/h2-12,14,21H,13H2,1H3/t14-/m0/s1. The summed E-state index contributed by atoms with van der Waals surface area (Å²) < 4.78 is 7.14. The molecule has 0 saturated heterocycles. The molecular weight excluding hydrogens is 328 g/mol. The highest BCUT2D eigenvalue weighted by molar-refractivity contribution is 5.51. The van der Waals surface area contributed by atoms with E-state index in [4.69, 9.17) is 4.52 Å². The lowest BCUT2D eigenvalue weighted by Crippen LogP contribution is -2.18. The molecule has 0 radical (unpaired) electrons. The van der Waals surface area contributed by atoms with Crippen LogP contribution in [-0.4, -0.2) is 24.9 Å². The van der Waals surface area contributed by atoms with Gasteiger partial charge in [0.05, 0.1) is 12.2 Å². The van der Waals surface area contributed by atoms with Gasteiger partial charge in [-0.25, -0.2) is 4.68 Å². The van der Waals surface area contributed by atoms with Crippen molar-refractivity contribution in [2.45, 2.75) is 19.5 Å². The van der Waals surface area contributed by atoms with Gasteiger partial charge < -0.3 is 9.84 Å². The quantitative estimate of drug-likeness (QED) is 0.577. The molecular formula is C19H18N6O. The van der Waals surface area contributed by atoms with Crippen molar-refractivity contribution in [3.8, 4) is 17.1 Å². The van der Waals surface area contributed by atoms with Gasteiger partial charge in [0, 0.05) is 36.4 Å². The Labute approximate surface area is 150 Å². The summed E-state index contributed by atoms with van der Waals surface area (Å²) in [6.45, 7) is 2.59. The molecule has 0 aliphatic heterocycles. The lowest BCUT2D eigenvalue weighted by atomic mass is 10.1. The predicted octanol–water partition coefficient (Wildman–Crippen LogP) is 3.17. The van der Waals surface area contributed by atoms with Gasteiger partial charge in [-0.2, -0.15) is 10.1 Å². The minimum absolute atomic E-state index is 0.149. The molecule has 0 aliphatic rings. The molecule has 4 rings (SSSR count). The monoisotopic (exact) mass is 346 g/mol. The van der Waals surface area contributed by atoms with Gasteiger partial charge >= 0.3 is 0 Å². The van der Waals surface area contributed by atoms with Crippen molar-refractivity contribution in [2.75, 3.05) is 0 Å². The van der Waals surface area contributed by atoms with Gasteiger partial charge in [0.1, 0.15) is 0 Å². The van der Waals surface area contributed by atoms with Crippen LogP contribution >= 0.6 is 0 Å². The van der Waals surface area contributed by atoms with E-state index in [1.165, 1.54) is 5.56 Å². The molecule has 0 amide bonds. The zero-order chi connectivity index (χ0) is 17.8. The van der Waals surface area contributed by atoms with Gasteiger partial charge in [0.25, 0.3) is 0 Å². The molecule has 0 bridgehead atoms. The van der Waals surface area contributed by atoms with Crippen LogP contribution < -0.4 is 5.32 Å². The molecule has 1 N–H and O–H groups in total. The third kappa shape index (κ3) is 3.52. The Balaban J connectivity index is 1.38. The highest BCUT2D eigenvalue weighted by Gasteiger charge is 2.11. The highest BCUT2D eigenvalue weighted by Crippen LogP contribution is 2.17. The van der Waals surface area contributed by atoms with E-state index >= 15 is 0 Å². The normalized spacial score (nSPS) is 12.2. The molecule has 26 heavy (non-hydrogen) atoms. The van der Waals surface area contributed by atoms with Crippen LogP contribution in [0.15, 0.2) is 71.8 Å². The van der Waals surface area contributed by atoms with E-state index in [1.54, 1.807) is 18.6 Å². The lowest BCUT2D eigenvalue weighted by Gasteiger charge is -2.13. The Morgan fingerprint density at radius 3 is 2.73 bits per heavy atom. The Kier molecular flexibility index (Phi) is 4.53. The van der Waals surface area contributed by atoms with Crippen molar-refractivity contribution >= 4 is 0 Å². The topological polar surface area (TPSA) is 81.7 Å². The predicted molar refractivity (Wildman–Crippen MR) is 96.3 cm³/mol. The van der Waals surface area contributed by atoms with Crippen LogP contribution in [0.5, 0.6) is 0 Å². The molecule has 4 aromatic rings. The van der Waals surface area contributed by atoms with Gasteiger partial charge in [0.2, 0.25) is 11.7 Å². The van der Waals surface area contributed by atoms with Gasteiger partial charge in [-0.1, -0.05) is 17.3 Å². The van der Waals surface area contributed by atoms with Crippen molar-refractivity contribution in [1.29, 1.82) is 0 Å². The number of rotatable bonds is 6. The van der Waals surface area contributed by atoms with E-state index in [0.29, 0.717) is 18.3 Å². The lowest BCUT2D eigenvalue weighted by molar-refractivity contribution is 0.360. The third-order valence-electron chi connectivity index (χ3n) is 4.11. The molecule has 0 saturated carbocycles. The van der Waals surface area contributed by atoms with Crippen LogP contribution in [0, 0.1) is 0 Å². The minimum Gasteiger partial charge on any atom is -0.338 e. The number of benzene rings is 1. The minimum atomic E-state index is 0.149.